The monoisotopic (exact) mass is 275 g/mol. The minimum absolute atomic E-state index is 0.111. The number of nitrogens with one attached hydrogen (secondary N) is 2. The van der Waals surface area contributed by atoms with Crippen LogP contribution in [0.2, 0.25) is 0 Å². The number of nitrogens with zero attached hydrogens (tertiary/aromatic N) is 1. The minimum atomic E-state index is -0.814. The lowest BCUT2D eigenvalue weighted by atomic mass is 9.97. The fourth-order valence-electron chi connectivity index (χ4n) is 2.14. The van der Waals surface area contributed by atoms with Crippen molar-refractivity contribution in [3.8, 4) is 0 Å². The Hall–Kier alpha value is -1.88. The highest BCUT2D eigenvalue weighted by molar-refractivity contribution is 5.87. The van der Waals surface area contributed by atoms with E-state index in [0.29, 0.717) is 12.8 Å². The molecule has 0 spiro atoms. The normalized spacial score (nSPS) is 11.8. The molecule has 20 heavy (non-hydrogen) atoms. The summed E-state index contributed by atoms with van der Waals surface area (Å²) >= 11 is 0. The summed E-state index contributed by atoms with van der Waals surface area (Å²) in [5.41, 5.74) is 0.842. The van der Waals surface area contributed by atoms with Gasteiger partial charge in [0.15, 0.2) is 0 Å². The summed E-state index contributed by atoms with van der Waals surface area (Å²) in [5.74, 6) is -0.111. The summed E-state index contributed by atoms with van der Waals surface area (Å²) in [4.78, 5) is 12.0. The van der Waals surface area contributed by atoms with Gasteiger partial charge >= 0.3 is 0 Å². The second-order valence-electron chi connectivity index (χ2n) is 5.10. The Morgan fingerprint density at radius 2 is 2.05 bits per heavy atom. The first-order valence-corrected chi connectivity index (χ1v) is 6.99. The van der Waals surface area contributed by atoms with Crippen LogP contribution in [0.1, 0.15) is 32.4 Å². The van der Waals surface area contributed by atoms with Gasteiger partial charge in [-0.1, -0.05) is 32.0 Å². The van der Waals surface area contributed by atoms with Gasteiger partial charge in [-0.2, -0.15) is 5.10 Å². The van der Waals surface area contributed by atoms with Gasteiger partial charge in [-0.25, -0.2) is 0 Å². The van der Waals surface area contributed by atoms with E-state index in [9.17, 15) is 9.90 Å². The lowest BCUT2D eigenvalue weighted by molar-refractivity contribution is -0.121. The van der Waals surface area contributed by atoms with E-state index in [4.69, 9.17) is 0 Å². The van der Waals surface area contributed by atoms with Crippen LogP contribution >= 0.6 is 0 Å². The Bertz CT molecular complexity index is 588. The molecule has 0 aliphatic heterocycles. The Morgan fingerprint density at radius 1 is 1.35 bits per heavy atom. The molecule has 5 nitrogen and oxygen atoms in total. The quantitative estimate of drug-likeness (QED) is 0.752. The third-order valence-electron chi connectivity index (χ3n) is 3.81. The number of aliphatic hydroxyl groups is 1. The number of rotatable bonds is 6. The summed E-state index contributed by atoms with van der Waals surface area (Å²) in [5, 5.41) is 20.9. The second kappa shape index (κ2) is 6.05. The average molecular weight is 275 g/mol. The first-order valence-electron chi connectivity index (χ1n) is 6.99. The predicted molar refractivity (Wildman–Crippen MR) is 78.3 cm³/mol. The molecule has 0 aliphatic rings. The van der Waals surface area contributed by atoms with Crippen LogP contribution in [0.25, 0.3) is 10.9 Å². The molecule has 2 aromatic rings. The molecular weight excluding hydrogens is 254 g/mol. The molecule has 0 atom stereocenters. The zero-order valence-corrected chi connectivity index (χ0v) is 11.9. The lowest BCUT2D eigenvalue weighted by Gasteiger charge is -2.25. The van der Waals surface area contributed by atoms with E-state index in [0.717, 1.165) is 16.6 Å². The fraction of sp³-hybridized carbons (Fsp3) is 0.467. The molecule has 1 amide bonds. The molecule has 0 radical (unpaired) electrons. The van der Waals surface area contributed by atoms with Gasteiger partial charge in [-0.05, 0) is 18.9 Å². The minimum Gasteiger partial charge on any atom is -0.388 e. The lowest BCUT2D eigenvalue weighted by Crippen LogP contribution is -2.42. The zero-order valence-electron chi connectivity index (χ0n) is 11.9. The molecule has 0 fully saturated rings. The number of carbonyl (C=O) groups is 1. The third kappa shape index (κ3) is 3.17. The molecule has 0 bridgehead atoms. The smallest absolute Gasteiger partial charge is 0.226 e. The summed E-state index contributed by atoms with van der Waals surface area (Å²) in [6, 6.07) is 7.68. The van der Waals surface area contributed by atoms with E-state index in [-0.39, 0.29) is 18.9 Å². The first kappa shape index (κ1) is 14.5. The molecule has 1 aromatic carbocycles. The van der Waals surface area contributed by atoms with E-state index in [1.54, 1.807) is 0 Å². The van der Waals surface area contributed by atoms with Crippen LogP contribution in [0.4, 0.5) is 0 Å². The summed E-state index contributed by atoms with van der Waals surface area (Å²) in [7, 11) is 0. The number of aromatic nitrogens is 2. The molecule has 1 heterocycles. The van der Waals surface area contributed by atoms with Crippen molar-refractivity contribution >= 4 is 16.8 Å². The van der Waals surface area contributed by atoms with Gasteiger partial charge in [-0.15, -0.1) is 0 Å². The summed E-state index contributed by atoms with van der Waals surface area (Å²) in [6.07, 6.45) is 1.48. The van der Waals surface area contributed by atoms with Crippen LogP contribution in [-0.4, -0.2) is 33.4 Å². The molecule has 0 saturated heterocycles. The van der Waals surface area contributed by atoms with Gasteiger partial charge in [0, 0.05) is 11.9 Å². The van der Waals surface area contributed by atoms with Crippen molar-refractivity contribution in [1.29, 1.82) is 0 Å². The summed E-state index contributed by atoms with van der Waals surface area (Å²) < 4.78 is 0. The van der Waals surface area contributed by atoms with Gasteiger partial charge in [-0.3, -0.25) is 9.89 Å². The zero-order chi connectivity index (χ0) is 14.6. The van der Waals surface area contributed by atoms with Gasteiger partial charge < -0.3 is 10.4 Å². The van der Waals surface area contributed by atoms with Crippen molar-refractivity contribution in [1.82, 2.24) is 15.5 Å². The number of carbonyl (C=O) groups excluding carboxylic acids is 1. The fourth-order valence-corrected chi connectivity index (χ4v) is 2.14. The number of H-pyrrole nitrogens is 1. The van der Waals surface area contributed by atoms with E-state index >= 15 is 0 Å². The van der Waals surface area contributed by atoms with Gasteiger partial charge in [0.05, 0.1) is 23.2 Å². The highest BCUT2D eigenvalue weighted by Gasteiger charge is 2.22. The maximum atomic E-state index is 12.0. The number of hydrogen-bond acceptors (Lipinski definition) is 3. The van der Waals surface area contributed by atoms with E-state index < -0.39 is 5.60 Å². The number of para-hydroxylation sites is 1. The predicted octanol–water partition coefficient (Wildman–Crippen LogP) is 1.77. The molecule has 0 saturated carbocycles. The maximum absolute atomic E-state index is 12.0. The van der Waals surface area contributed by atoms with Crippen molar-refractivity contribution in [3.63, 3.8) is 0 Å². The molecule has 2 rings (SSSR count). The van der Waals surface area contributed by atoms with Gasteiger partial charge in [0.25, 0.3) is 0 Å². The standard InChI is InChI=1S/C15H21N3O2/c1-3-15(20,4-2)10-16-14(19)9-13-11-7-5-6-8-12(11)17-18-13/h5-8,20H,3-4,9-10H2,1-2H3,(H,16,19)(H,17,18). The average Bonchev–Trinajstić information content (AvgIpc) is 2.88. The SMILES string of the molecule is CCC(O)(CC)CNC(=O)Cc1[nH]nc2ccccc12. The third-order valence-corrected chi connectivity index (χ3v) is 3.81. The second-order valence-corrected chi connectivity index (χ2v) is 5.10. The van der Waals surface area contributed by atoms with Crippen molar-refractivity contribution in [2.75, 3.05) is 6.54 Å². The van der Waals surface area contributed by atoms with Gasteiger partial charge in [0.2, 0.25) is 5.91 Å². The molecular formula is C15H21N3O2. The molecule has 0 unspecified atom stereocenters. The van der Waals surface area contributed by atoms with Crippen LogP contribution in [0.5, 0.6) is 0 Å². The molecule has 1 aromatic heterocycles. The van der Waals surface area contributed by atoms with Crippen molar-refractivity contribution in [2.45, 2.75) is 38.7 Å². The van der Waals surface area contributed by atoms with Crippen molar-refractivity contribution in [2.24, 2.45) is 0 Å². The molecule has 3 N–H and O–H groups in total. The van der Waals surface area contributed by atoms with Crippen LogP contribution < -0.4 is 5.32 Å². The first-order chi connectivity index (χ1) is 9.58. The highest BCUT2D eigenvalue weighted by Crippen LogP contribution is 2.16. The summed E-state index contributed by atoms with van der Waals surface area (Å²) in [6.45, 7) is 4.11. The molecule has 5 heteroatoms. The van der Waals surface area contributed by atoms with Crippen LogP contribution in [-0.2, 0) is 11.2 Å². The van der Waals surface area contributed by atoms with E-state index in [1.807, 2.05) is 38.1 Å². The van der Waals surface area contributed by atoms with Crippen molar-refractivity contribution in [3.05, 3.63) is 30.0 Å². The van der Waals surface area contributed by atoms with E-state index in [2.05, 4.69) is 15.5 Å². The maximum Gasteiger partial charge on any atom is 0.226 e. The molecule has 0 aliphatic carbocycles. The topological polar surface area (TPSA) is 78.0 Å². The molecule has 108 valence electrons. The number of fused-ring (bicyclic) bond motifs is 1. The number of aromatic amines is 1. The largest absolute Gasteiger partial charge is 0.388 e. The van der Waals surface area contributed by atoms with Crippen LogP contribution in [0.15, 0.2) is 24.3 Å². The van der Waals surface area contributed by atoms with Crippen LogP contribution in [0, 0.1) is 0 Å². The number of benzene rings is 1. The van der Waals surface area contributed by atoms with E-state index in [1.165, 1.54) is 0 Å². The Labute approximate surface area is 118 Å². The number of hydrogen-bond donors (Lipinski definition) is 3. The Balaban J connectivity index is 1.98. The van der Waals surface area contributed by atoms with Crippen molar-refractivity contribution < 1.29 is 9.90 Å². The van der Waals surface area contributed by atoms with Crippen LogP contribution in [0.3, 0.4) is 0 Å². The number of amides is 1. The highest BCUT2D eigenvalue weighted by atomic mass is 16.3. The Kier molecular flexibility index (Phi) is 4.39. The van der Waals surface area contributed by atoms with Gasteiger partial charge in [0.1, 0.15) is 0 Å². The Morgan fingerprint density at radius 3 is 2.75 bits per heavy atom.